The van der Waals surface area contributed by atoms with Crippen LogP contribution in [-0.4, -0.2) is 49.5 Å². The van der Waals surface area contributed by atoms with Gasteiger partial charge in [-0.1, -0.05) is 40.5 Å². The van der Waals surface area contributed by atoms with Crippen molar-refractivity contribution in [1.29, 1.82) is 0 Å². The molecule has 1 aliphatic rings. The molecule has 2 N–H and O–H groups in total. The number of aliphatic imine (C=N–C) groups is 1. The molecule has 5 nitrogen and oxygen atoms in total. The van der Waals surface area contributed by atoms with Crippen molar-refractivity contribution in [2.24, 2.45) is 16.8 Å². The van der Waals surface area contributed by atoms with Gasteiger partial charge in [-0.15, -0.1) is 24.0 Å². The molecule has 0 aromatic carbocycles. The van der Waals surface area contributed by atoms with Crippen LogP contribution >= 0.6 is 24.0 Å². The Morgan fingerprint density at radius 2 is 1.78 bits per heavy atom. The number of rotatable bonds is 6. The Morgan fingerprint density at radius 3 is 2.22 bits per heavy atom. The predicted octanol–water partition coefficient (Wildman–Crippen LogP) is 2.85. The lowest BCUT2D eigenvalue weighted by molar-refractivity contribution is -0.135. The molecule has 0 spiro atoms. The summed E-state index contributed by atoms with van der Waals surface area (Å²) in [6.07, 6.45) is 4.36. The van der Waals surface area contributed by atoms with Gasteiger partial charge in [0.15, 0.2) is 5.96 Å². The van der Waals surface area contributed by atoms with E-state index in [4.69, 9.17) is 0 Å². The number of hydrogen-bond donors (Lipinski definition) is 2. The second-order valence-electron chi connectivity index (χ2n) is 6.53. The zero-order valence-corrected chi connectivity index (χ0v) is 17.7. The Balaban J connectivity index is 0.00000484. The summed E-state index contributed by atoms with van der Waals surface area (Å²) in [5, 5.41) is 6.93. The van der Waals surface area contributed by atoms with Crippen LogP contribution in [0, 0.1) is 11.8 Å². The van der Waals surface area contributed by atoms with Gasteiger partial charge in [-0.05, 0) is 18.8 Å². The van der Waals surface area contributed by atoms with Crippen molar-refractivity contribution in [3.05, 3.63) is 0 Å². The Hall–Kier alpha value is -0.530. The predicted molar refractivity (Wildman–Crippen MR) is 108 cm³/mol. The molecule has 0 radical (unpaired) electrons. The number of piperidine rings is 1. The summed E-state index contributed by atoms with van der Waals surface area (Å²) in [5.74, 6) is 1.96. The summed E-state index contributed by atoms with van der Waals surface area (Å²) in [6.45, 7) is 11.1. The van der Waals surface area contributed by atoms with E-state index in [0.717, 1.165) is 38.4 Å². The van der Waals surface area contributed by atoms with Gasteiger partial charge in [0.25, 0.3) is 0 Å². The third kappa shape index (κ3) is 7.72. The standard InChI is InChI=1S/C17H34N4O.HI/c1-6-14(7-2)12-19-17(18-5)20-15-8-10-21(11-9-15)16(22)13(3)4;/h13-15H,6-12H2,1-5H3,(H2,18,19,20);1H. The third-order valence-electron chi connectivity index (χ3n) is 4.58. The highest BCUT2D eigenvalue weighted by atomic mass is 127. The Bertz CT molecular complexity index is 362. The minimum absolute atomic E-state index is 0. The smallest absolute Gasteiger partial charge is 0.225 e. The zero-order chi connectivity index (χ0) is 16.5. The van der Waals surface area contributed by atoms with Gasteiger partial charge in [-0.3, -0.25) is 9.79 Å². The monoisotopic (exact) mass is 438 g/mol. The molecular weight excluding hydrogens is 403 g/mol. The lowest BCUT2D eigenvalue weighted by Gasteiger charge is -2.34. The van der Waals surface area contributed by atoms with E-state index in [-0.39, 0.29) is 35.8 Å². The number of carbonyl (C=O) groups is 1. The first-order chi connectivity index (χ1) is 10.5. The summed E-state index contributed by atoms with van der Waals surface area (Å²) in [5.41, 5.74) is 0. The number of carbonyl (C=O) groups excluding carboxylic acids is 1. The Morgan fingerprint density at radius 1 is 1.22 bits per heavy atom. The maximum absolute atomic E-state index is 12.0. The number of amides is 1. The molecule has 0 aliphatic carbocycles. The van der Waals surface area contributed by atoms with E-state index in [1.807, 2.05) is 25.8 Å². The minimum Gasteiger partial charge on any atom is -0.356 e. The molecule has 0 unspecified atom stereocenters. The second kappa shape index (κ2) is 11.9. The molecule has 0 aromatic rings. The van der Waals surface area contributed by atoms with Crippen molar-refractivity contribution >= 4 is 35.8 Å². The molecule has 0 atom stereocenters. The van der Waals surface area contributed by atoms with E-state index in [2.05, 4.69) is 29.5 Å². The fourth-order valence-electron chi connectivity index (χ4n) is 2.82. The van der Waals surface area contributed by atoms with Crippen molar-refractivity contribution in [1.82, 2.24) is 15.5 Å². The van der Waals surface area contributed by atoms with Crippen molar-refractivity contribution < 1.29 is 4.79 Å². The van der Waals surface area contributed by atoms with Gasteiger partial charge in [0, 0.05) is 38.6 Å². The average molecular weight is 438 g/mol. The van der Waals surface area contributed by atoms with Crippen LogP contribution in [-0.2, 0) is 4.79 Å². The van der Waals surface area contributed by atoms with E-state index in [9.17, 15) is 4.79 Å². The second-order valence-corrected chi connectivity index (χ2v) is 6.53. The summed E-state index contributed by atoms with van der Waals surface area (Å²) in [7, 11) is 1.82. The molecule has 0 bridgehead atoms. The van der Waals surface area contributed by atoms with E-state index in [1.54, 1.807) is 0 Å². The van der Waals surface area contributed by atoms with Crippen LogP contribution in [0.2, 0.25) is 0 Å². The molecule has 6 heteroatoms. The molecule has 23 heavy (non-hydrogen) atoms. The molecule has 1 rings (SSSR count). The summed E-state index contributed by atoms with van der Waals surface area (Å²) < 4.78 is 0. The number of halogens is 1. The van der Waals surface area contributed by atoms with Gasteiger partial charge in [0.1, 0.15) is 0 Å². The van der Waals surface area contributed by atoms with Crippen molar-refractivity contribution in [2.45, 2.75) is 59.4 Å². The Labute approximate surface area is 159 Å². The first kappa shape index (κ1) is 22.5. The molecule has 1 amide bonds. The highest BCUT2D eigenvalue weighted by molar-refractivity contribution is 14.0. The van der Waals surface area contributed by atoms with Crippen LogP contribution in [0.4, 0.5) is 0 Å². The van der Waals surface area contributed by atoms with Crippen molar-refractivity contribution in [2.75, 3.05) is 26.7 Å². The normalized spacial score (nSPS) is 16.5. The molecule has 1 saturated heterocycles. The number of nitrogens with zero attached hydrogens (tertiary/aromatic N) is 2. The van der Waals surface area contributed by atoms with Crippen LogP contribution in [0.15, 0.2) is 4.99 Å². The lowest BCUT2D eigenvalue weighted by atomic mass is 10.0. The summed E-state index contributed by atoms with van der Waals surface area (Å²) in [4.78, 5) is 18.3. The van der Waals surface area contributed by atoms with Crippen LogP contribution in [0.5, 0.6) is 0 Å². The van der Waals surface area contributed by atoms with E-state index in [1.165, 1.54) is 12.8 Å². The average Bonchev–Trinajstić information content (AvgIpc) is 2.54. The Kier molecular flexibility index (Phi) is 11.6. The van der Waals surface area contributed by atoms with Crippen LogP contribution in [0.1, 0.15) is 53.4 Å². The van der Waals surface area contributed by atoms with Crippen LogP contribution in [0.3, 0.4) is 0 Å². The SMILES string of the molecule is CCC(CC)CNC(=NC)NC1CCN(C(=O)C(C)C)CC1.I. The molecule has 1 aliphatic heterocycles. The zero-order valence-electron chi connectivity index (χ0n) is 15.4. The van der Waals surface area contributed by atoms with Crippen molar-refractivity contribution in [3.63, 3.8) is 0 Å². The molecule has 0 saturated carbocycles. The molecule has 0 aromatic heterocycles. The van der Waals surface area contributed by atoms with Gasteiger partial charge in [-0.2, -0.15) is 0 Å². The third-order valence-corrected chi connectivity index (χ3v) is 4.58. The van der Waals surface area contributed by atoms with Crippen molar-refractivity contribution in [3.8, 4) is 0 Å². The highest BCUT2D eigenvalue weighted by Gasteiger charge is 2.24. The van der Waals surface area contributed by atoms with Gasteiger partial charge in [-0.25, -0.2) is 0 Å². The fraction of sp³-hybridized carbons (Fsp3) is 0.882. The van der Waals surface area contributed by atoms with E-state index >= 15 is 0 Å². The first-order valence-electron chi connectivity index (χ1n) is 8.77. The van der Waals surface area contributed by atoms with E-state index < -0.39 is 0 Å². The highest BCUT2D eigenvalue weighted by Crippen LogP contribution is 2.13. The molecule has 1 heterocycles. The lowest BCUT2D eigenvalue weighted by Crippen LogP contribution is -2.50. The van der Waals surface area contributed by atoms with Gasteiger partial charge in [0.2, 0.25) is 5.91 Å². The number of hydrogen-bond acceptors (Lipinski definition) is 2. The maximum atomic E-state index is 12.0. The van der Waals surface area contributed by atoms with Crippen LogP contribution in [0.25, 0.3) is 0 Å². The van der Waals surface area contributed by atoms with Gasteiger partial charge < -0.3 is 15.5 Å². The minimum atomic E-state index is 0. The molecule has 1 fully saturated rings. The quantitative estimate of drug-likeness (QED) is 0.381. The van der Waals surface area contributed by atoms with Gasteiger partial charge >= 0.3 is 0 Å². The topological polar surface area (TPSA) is 56.7 Å². The molecular formula is C17H35IN4O. The number of guanidine groups is 1. The largest absolute Gasteiger partial charge is 0.356 e. The summed E-state index contributed by atoms with van der Waals surface area (Å²) >= 11 is 0. The number of likely N-dealkylation sites (tertiary alicyclic amines) is 1. The maximum Gasteiger partial charge on any atom is 0.225 e. The van der Waals surface area contributed by atoms with Gasteiger partial charge in [0.05, 0.1) is 0 Å². The van der Waals surface area contributed by atoms with Crippen LogP contribution < -0.4 is 10.6 Å². The molecule has 136 valence electrons. The first-order valence-corrected chi connectivity index (χ1v) is 8.77. The number of nitrogens with one attached hydrogen (secondary N) is 2. The fourth-order valence-corrected chi connectivity index (χ4v) is 2.82. The van der Waals surface area contributed by atoms with E-state index in [0.29, 0.717) is 12.0 Å². The summed E-state index contributed by atoms with van der Waals surface area (Å²) in [6, 6.07) is 0.407.